The minimum atomic E-state index is -0.961. The zero-order valence-electron chi connectivity index (χ0n) is 28.5. The summed E-state index contributed by atoms with van der Waals surface area (Å²) in [5, 5.41) is 31.7. The molecule has 258 valence electrons. The lowest BCUT2D eigenvalue weighted by molar-refractivity contribution is 0.130. The topological polar surface area (TPSA) is 116 Å². The Morgan fingerprint density at radius 3 is 1.02 bits per heavy atom. The molecule has 3 aromatic carbocycles. The highest BCUT2D eigenvalue weighted by molar-refractivity contribution is 5.44. The molecule has 4 heterocycles. The van der Waals surface area contributed by atoms with Crippen molar-refractivity contribution in [2.75, 3.05) is 10.6 Å². The van der Waals surface area contributed by atoms with Crippen LogP contribution in [0.25, 0.3) is 0 Å². The van der Waals surface area contributed by atoms with Gasteiger partial charge in [-0.2, -0.15) is 0 Å². The Balaban J connectivity index is 1.25. The molecule has 0 fully saturated rings. The molecule has 7 aromatic rings. The number of aliphatic hydroxyl groups is 2. The van der Waals surface area contributed by atoms with Crippen molar-refractivity contribution in [3.63, 3.8) is 0 Å². The fraction of sp³-hybridized carbons (Fsp3) is 0.136. The third kappa shape index (κ3) is 8.05. The van der Waals surface area contributed by atoms with Crippen molar-refractivity contribution >= 4 is 11.6 Å². The van der Waals surface area contributed by atoms with Crippen LogP contribution in [0.4, 0.5) is 11.6 Å². The van der Waals surface area contributed by atoms with Gasteiger partial charge < -0.3 is 20.8 Å². The van der Waals surface area contributed by atoms with E-state index in [1.807, 2.05) is 158 Å². The highest BCUT2D eigenvalue weighted by Gasteiger charge is 2.36. The molecule has 0 amide bonds. The third-order valence-corrected chi connectivity index (χ3v) is 9.33. The van der Waals surface area contributed by atoms with E-state index in [0.717, 1.165) is 22.5 Å². The van der Waals surface area contributed by atoms with Crippen molar-refractivity contribution in [1.82, 2.24) is 19.9 Å². The molecule has 0 radical (unpaired) electrons. The summed E-state index contributed by atoms with van der Waals surface area (Å²) in [6.45, 7) is 0. The maximum absolute atomic E-state index is 12.3. The number of hydrogen-bond donors (Lipinski definition) is 4. The Hall–Kier alpha value is -6.22. The Kier molecular flexibility index (Phi) is 11.0. The Bertz CT molecular complexity index is 1920. The number of pyridine rings is 4. The number of aromatic nitrogens is 4. The summed E-state index contributed by atoms with van der Waals surface area (Å²) in [6.07, 6.45) is 5.06. The summed E-state index contributed by atoms with van der Waals surface area (Å²) >= 11 is 0. The molecule has 4 aromatic heterocycles. The van der Waals surface area contributed by atoms with Crippen LogP contribution in [0.1, 0.15) is 69.8 Å². The SMILES string of the molecule is O[C@H](c1ccc([C@@H](O)[C@@H](c2ccccn2)[C@H](Nc2ccccn2)c2ccccc2)cc1)[C@@H](c1ccccn1)[C@H](Nc1ccccn1)c1ccccc1. The summed E-state index contributed by atoms with van der Waals surface area (Å²) in [5.74, 6) is 0.395. The number of nitrogens with one attached hydrogen (secondary N) is 2. The first-order chi connectivity index (χ1) is 25.7. The van der Waals surface area contributed by atoms with Crippen LogP contribution in [0, 0.1) is 0 Å². The van der Waals surface area contributed by atoms with E-state index in [0.29, 0.717) is 22.8 Å². The largest absolute Gasteiger partial charge is 0.388 e. The maximum Gasteiger partial charge on any atom is 0.126 e. The van der Waals surface area contributed by atoms with Crippen molar-refractivity contribution in [2.45, 2.75) is 36.1 Å². The molecule has 0 aliphatic carbocycles. The summed E-state index contributed by atoms with van der Waals surface area (Å²) in [7, 11) is 0. The quantitative estimate of drug-likeness (QED) is 0.0900. The number of nitrogens with zero attached hydrogens (tertiary/aromatic N) is 4. The maximum atomic E-state index is 12.3. The third-order valence-electron chi connectivity index (χ3n) is 9.33. The number of hydrogen-bond acceptors (Lipinski definition) is 8. The monoisotopic (exact) mass is 684 g/mol. The second-order valence-corrected chi connectivity index (χ2v) is 12.6. The lowest BCUT2D eigenvalue weighted by Crippen LogP contribution is -2.27. The Morgan fingerprint density at radius 1 is 0.346 bits per heavy atom. The van der Waals surface area contributed by atoms with Crippen LogP contribution in [0.5, 0.6) is 0 Å². The van der Waals surface area contributed by atoms with Crippen LogP contribution >= 0.6 is 0 Å². The van der Waals surface area contributed by atoms with E-state index in [-0.39, 0.29) is 12.1 Å². The minimum Gasteiger partial charge on any atom is -0.388 e. The predicted octanol–water partition coefficient (Wildman–Crippen LogP) is 8.61. The molecule has 0 bridgehead atoms. The molecule has 0 unspecified atom stereocenters. The summed E-state index contributed by atoms with van der Waals surface area (Å²) in [6, 6.07) is 49.8. The summed E-state index contributed by atoms with van der Waals surface area (Å²) in [5.41, 5.74) is 4.82. The second kappa shape index (κ2) is 16.7. The first-order valence-corrected chi connectivity index (χ1v) is 17.4. The lowest BCUT2D eigenvalue weighted by Gasteiger charge is -2.33. The Labute approximate surface area is 304 Å². The molecule has 0 saturated heterocycles. The van der Waals surface area contributed by atoms with Gasteiger partial charge in [0.2, 0.25) is 0 Å². The zero-order valence-corrected chi connectivity index (χ0v) is 28.5. The molecule has 0 aliphatic rings. The average Bonchev–Trinajstić information content (AvgIpc) is 3.22. The van der Waals surface area contributed by atoms with E-state index in [9.17, 15) is 10.2 Å². The number of benzene rings is 3. The lowest BCUT2D eigenvalue weighted by atomic mass is 9.81. The van der Waals surface area contributed by atoms with Crippen molar-refractivity contribution in [1.29, 1.82) is 0 Å². The average molecular weight is 685 g/mol. The standard InChI is InChI=1S/C44H40N6O2/c51-43(39(35-19-7-11-27-45-35)41(31-15-3-1-4-16-31)49-37-21-9-13-29-47-37)33-23-25-34(26-24-33)44(52)40(36-20-8-12-28-46-36)42(32-17-5-2-6-18-32)50-38-22-10-14-30-48-38/h1-30,39-44,51-52H,(H,47,49)(H,48,50)/t39-,40-,41+,42+,43+,44+/m0/s1. The van der Waals surface area contributed by atoms with Gasteiger partial charge in [-0.15, -0.1) is 0 Å². The van der Waals surface area contributed by atoms with Gasteiger partial charge in [-0.3, -0.25) is 9.97 Å². The van der Waals surface area contributed by atoms with E-state index < -0.39 is 24.0 Å². The van der Waals surface area contributed by atoms with Crippen LogP contribution in [0.3, 0.4) is 0 Å². The second-order valence-electron chi connectivity index (χ2n) is 12.6. The molecule has 0 aliphatic heterocycles. The number of aliphatic hydroxyl groups excluding tert-OH is 2. The zero-order chi connectivity index (χ0) is 35.5. The predicted molar refractivity (Wildman–Crippen MR) is 204 cm³/mol. The number of anilines is 2. The molecule has 6 atom stereocenters. The van der Waals surface area contributed by atoms with Crippen LogP contribution < -0.4 is 10.6 Å². The van der Waals surface area contributed by atoms with Crippen LogP contribution in [-0.2, 0) is 0 Å². The highest BCUT2D eigenvalue weighted by atomic mass is 16.3. The van der Waals surface area contributed by atoms with E-state index in [2.05, 4.69) is 20.6 Å². The number of rotatable bonds is 14. The van der Waals surface area contributed by atoms with Crippen LogP contribution in [0.15, 0.2) is 183 Å². The Morgan fingerprint density at radius 2 is 0.692 bits per heavy atom. The molecule has 8 nitrogen and oxygen atoms in total. The molecule has 4 N–H and O–H groups in total. The smallest absolute Gasteiger partial charge is 0.126 e. The fourth-order valence-corrected chi connectivity index (χ4v) is 6.78. The molecular weight excluding hydrogens is 645 g/mol. The van der Waals surface area contributed by atoms with Gasteiger partial charge in [-0.1, -0.05) is 109 Å². The molecular formula is C44H40N6O2. The van der Waals surface area contributed by atoms with Gasteiger partial charge in [0.15, 0.2) is 0 Å². The van der Waals surface area contributed by atoms with Crippen LogP contribution in [0.2, 0.25) is 0 Å². The molecule has 0 spiro atoms. The molecule has 7 rings (SSSR count). The normalized spacial score (nSPS) is 14.7. The summed E-state index contributed by atoms with van der Waals surface area (Å²) in [4.78, 5) is 18.5. The van der Waals surface area contributed by atoms with E-state index in [1.165, 1.54) is 0 Å². The van der Waals surface area contributed by atoms with Crippen molar-refractivity contribution in [3.05, 3.63) is 216 Å². The van der Waals surface area contributed by atoms with Gasteiger partial charge >= 0.3 is 0 Å². The van der Waals surface area contributed by atoms with Gasteiger partial charge in [-0.25, -0.2) is 9.97 Å². The van der Waals surface area contributed by atoms with Crippen molar-refractivity contribution < 1.29 is 10.2 Å². The molecule has 0 saturated carbocycles. The van der Waals surface area contributed by atoms with Crippen molar-refractivity contribution in [2.24, 2.45) is 0 Å². The van der Waals surface area contributed by atoms with E-state index in [1.54, 1.807) is 24.8 Å². The van der Waals surface area contributed by atoms with Gasteiger partial charge in [0.25, 0.3) is 0 Å². The fourth-order valence-electron chi connectivity index (χ4n) is 6.78. The van der Waals surface area contributed by atoms with Gasteiger partial charge in [0.1, 0.15) is 11.6 Å². The van der Waals surface area contributed by atoms with E-state index in [4.69, 9.17) is 9.97 Å². The van der Waals surface area contributed by atoms with Crippen molar-refractivity contribution in [3.8, 4) is 0 Å². The van der Waals surface area contributed by atoms with Gasteiger partial charge in [0, 0.05) is 36.2 Å². The molecule has 8 heteroatoms. The van der Waals surface area contributed by atoms with Gasteiger partial charge in [0.05, 0.1) is 36.1 Å². The molecule has 52 heavy (non-hydrogen) atoms. The first kappa shape index (κ1) is 34.2. The minimum absolute atomic E-state index is 0.371. The first-order valence-electron chi connectivity index (χ1n) is 17.4. The summed E-state index contributed by atoms with van der Waals surface area (Å²) < 4.78 is 0. The highest BCUT2D eigenvalue weighted by Crippen LogP contribution is 2.44. The van der Waals surface area contributed by atoms with Crippen LogP contribution in [-0.4, -0.2) is 30.1 Å². The van der Waals surface area contributed by atoms with E-state index >= 15 is 0 Å². The van der Waals surface area contributed by atoms with Gasteiger partial charge in [-0.05, 0) is 70.8 Å².